The lowest BCUT2D eigenvalue weighted by atomic mass is 10.0. The van der Waals surface area contributed by atoms with Gasteiger partial charge >= 0.3 is 5.97 Å². The third kappa shape index (κ3) is 55.5. The fraction of sp³-hybridized carbons (Fsp3) is 0.905. The molecule has 0 saturated heterocycles. The molecule has 0 rings (SSSR count). The molecule has 408 valence electrons. The van der Waals surface area contributed by atoms with Crippen molar-refractivity contribution in [3.8, 4) is 0 Å². The summed E-state index contributed by atoms with van der Waals surface area (Å²) in [5.41, 5.74) is 0. The van der Waals surface area contributed by atoms with Crippen LogP contribution in [0.4, 0.5) is 0 Å². The van der Waals surface area contributed by atoms with Gasteiger partial charge in [-0.1, -0.05) is 295 Å². The van der Waals surface area contributed by atoms with Crippen LogP contribution >= 0.6 is 0 Å². The normalized spacial score (nSPS) is 12.7. The number of carbonyl (C=O) groups excluding carboxylic acids is 2. The molecule has 3 N–H and O–H groups in total. The van der Waals surface area contributed by atoms with Crippen LogP contribution in [0.3, 0.4) is 0 Å². The molecule has 0 aromatic rings. The van der Waals surface area contributed by atoms with Crippen LogP contribution in [0.2, 0.25) is 0 Å². The average molecular weight is 973 g/mol. The number of aliphatic hydroxyl groups excluding tert-OH is 2. The molecule has 1 amide bonds. The summed E-state index contributed by atoms with van der Waals surface area (Å²) in [4.78, 5) is 24.6. The van der Waals surface area contributed by atoms with E-state index in [1.54, 1.807) is 0 Å². The predicted octanol–water partition coefficient (Wildman–Crippen LogP) is 19.4. The standard InChI is InChI=1S/C63H121NO5/c1-3-5-7-9-11-13-15-17-19-20-21-22-23-24-25-26-27-28-30-31-35-39-43-47-51-55-61(66)60(59-65)64-62(67)56-52-48-44-40-36-33-34-38-42-46-50-54-58-69-63(68)57-53-49-45-41-37-32-29-18-16-14-12-10-8-6-4-2/h12,14,18,29,60-61,65-66H,3-11,13,15-17,19-28,30-59H2,1-2H3,(H,64,67)/b14-12-,29-18-. The van der Waals surface area contributed by atoms with E-state index in [0.29, 0.717) is 25.9 Å². The van der Waals surface area contributed by atoms with Gasteiger partial charge in [0, 0.05) is 12.8 Å². The van der Waals surface area contributed by atoms with Gasteiger partial charge < -0.3 is 20.3 Å². The van der Waals surface area contributed by atoms with Gasteiger partial charge in [-0.05, 0) is 57.8 Å². The lowest BCUT2D eigenvalue weighted by molar-refractivity contribution is -0.143. The van der Waals surface area contributed by atoms with E-state index in [2.05, 4.69) is 43.5 Å². The quantitative estimate of drug-likeness (QED) is 0.0321. The smallest absolute Gasteiger partial charge is 0.305 e. The largest absolute Gasteiger partial charge is 0.466 e. The number of nitrogens with one attached hydrogen (secondary N) is 1. The van der Waals surface area contributed by atoms with Crippen LogP contribution in [0.25, 0.3) is 0 Å². The van der Waals surface area contributed by atoms with Crippen LogP contribution in [-0.4, -0.2) is 47.4 Å². The number of rotatable bonds is 58. The van der Waals surface area contributed by atoms with Gasteiger partial charge in [0.05, 0.1) is 25.4 Å². The van der Waals surface area contributed by atoms with E-state index < -0.39 is 12.1 Å². The Balaban J connectivity index is 3.45. The van der Waals surface area contributed by atoms with E-state index >= 15 is 0 Å². The Labute approximate surface area is 431 Å². The van der Waals surface area contributed by atoms with E-state index in [0.717, 1.165) is 70.6 Å². The molecule has 0 saturated carbocycles. The first-order valence-electron chi connectivity index (χ1n) is 31.1. The maximum Gasteiger partial charge on any atom is 0.305 e. The minimum atomic E-state index is -0.677. The highest BCUT2D eigenvalue weighted by Gasteiger charge is 2.20. The Morgan fingerprint density at radius 2 is 0.725 bits per heavy atom. The molecule has 0 bridgehead atoms. The van der Waals surface area contributed by atoms with Crippen molar-refractivity contribution in [1.29, 1.82) is 0 Å². The van der Waals surface area contributed by atoms with Gasteiger partial charge in [-0.3, -0.25) is 9.59 Å². The molecular weight excluding hydrogens is 851 g/mol. The van der Waals surface area contributed by atoms with Crippen LogP contribution in [0.5, 0.6) is 0 Å². The summed E-state index contributed by atoms with van der Waals surface area (Å²) in [6.45, 7) is 4.91. The highest BCUT2D eigenvalue weighted by Crippen LogP contribution is 2.18. The highest BCUT2D eigenvalue weighted by molar-refractivity contribution is 5.76. The first kappa shape index (κ1) is 67.3. The van der Waals surface area contributed by atoms with Gasteiger partial charge in [-0.2, -0.15) is 0 Å². The molecule has 0 aromatic heterocycles. The van der Waals surface area contributed by atoms with Crippen molar-refractivity contribution < 1.29 is 24.5 Å². The minimum absolute atomic E-state index is 0.0221. The second-order valence-corrected chi connectivity index (χ2v) is 21.4. The summed E-state index contributed by atoms with van der Waals surface area (Å²) < 4.78 is 5.47. The van der Waals surface area contributed by atoms with Gasteiger partial charge in [0.25, 0.3) is 0 Å². The first-order chi connectivity index (χ1) is 34.0. The summed E-state index contributed by atoms with van der Waals surface area (Å²) in [5, 5.41) is 23.4. The zero-order chi connectivity index (χ0) is 50.0. The molecule has 0 heterocycles. The lowest BCUT2D eigenvalue weighted by Crippen LogP contribution is -2.45. The Kier molecular flexibility index (Phi) is 57.5. The summed E-state index contributed by atoms with van der Waals surface area (Å²) in [6, 6.07) is -0.555. The van der Waals surface area contributed by atoms with Crippen molar-refractivity contribution in [1.82, 2.24) is 5.32 Å². The molecule has 0 aromatic carbocycles. The molecule has 0 aliphatic carbocycles. The zero-order valence-electron chi connectivity index (χ0n) is 46.6. The van der Waals surface area contributed by atoms with Crippen LogP contribution < -0.4 is 5.32 Å². The molecule has 69 heavy (non-hydrogen) atoms. The van der Waals surface area contributed by atoms with Gasteiger partial charge in [-0.15, -0.1) is 0 Å². The number of unbranched alkanes of at least 4 members (excludes halogenated alkanes) is 43. The number of esters is 1. The van der Waals surface area contributed by atoms with Crippen LogP contribution in [-0.2, 0) is 14.3 Å². The van der Waals surface area contributed by atoms with E-state index in [9.17, 15) is 19.8 Å². The molecule has 0 spiro atoms. The Morgan fingerprint density at radius 3 is 1.13 bits per heavy atom. The lowest BCUT2D eigenvalue weighted by Gasteiger charge is -2.22. The van der Waals surface area contributed by atoms with Crippen molar-refractivity contribution in [2.75, 3.05) is 13.2 Å². The molecule has 0 aliphatic rings. The monoisotopic (exact) mass is 972 g/mol. The fourth-order valence-electron chi connectivity index (χ4n) is 9.73. The number of ether oxygens (including phenoxy) is 1. The maximum atomic E-state index is 12.5. The van der Waals surface area contributed by atoms with Crippen molar-refractivity contribution >= 4 is 11.9 Å². The Bertz CT molecular complexity index is 1080. The molecule has 0 aliphatic heterocycles. The van der Waals surface area contributed by atoms with E-state index in [4.69, 9.17) is 4.74 Å². The SMILES string of the molecule is CCCCC/C=C\C/C=C\CCCCCCCC(=O)OCCCCCCCCCCCCCCC(=O)NC(CO)C(O)CCCCCCCCCCCCCCCCCCCCCCCCCCC. The molecule has 2 unspecified atom stereocenters. The minimum Gasteiger partial charge on any atom is -0.466 e. The molecule has 2 atom stereocenters. The Morgan fingerprint density at radius 1 is 0.406 bits per heavy atom. The number of allylic oxidation sites excluding steroid dienone is 4. The third-order valence-electron chi connectivity index (χ3n) is 14.5. The van der Waals surface area contributed by atoms with E-state index in [1.807, 2.05) is 0 Å². The molecular formula is C63H121NO5. The van der Waals surface area contributed by atoms with E-state index in [1.165, 1.54) is 238 Å². The van der Waals surface area contributed by atoms with Crippen LogP contribution in [0.1, 0.15) is 341 Å². The third-order valence-corrected chi connectivity index (χ3v) is 14.5. The maximum absolute atomic E-state index is 12.5. The molecule has 6 nitrogen and oxygen atoms in total. The number of amides is 1. The van der Waals surface area contributed by atoms with Crippen LogP contribution in [0, 0.1) is 0 Å². The highest BCUT2D eigenvalue weighted by atomic mass is 16.5. The van der Waals surface area contributed by atoms with Gasteiger partial charge in [0.15, 0.2) is 0 Å². The summed E-state index contributed by atoms with van der Waals surface area (Å²) >= 11 is 0. The van der Waals surface area contributed by atoms with Gasteiger partial charge in [0.1, 0.15) is 0 Å². The van der Waals surface area contributed by atoms with Crippen molar-refractivity contribution in [3.05, 3.63) is 24.3 Å². The second kappa shape index (κ2) is 58.9. The molecule has 0 fully saturated rings. The number of aliphatic hydroxyl groups is 2. The first-order valence-corrected chi connectivity index (χ1v) is 31.1. The topological polar surface area (TPSA) is 95.9 Å². The van der Waals surface area contributed by atoms with E-state index in [-0.39, 0.29) is 18.5 Å². The number of hydrogen-bond acceptors (Lipinski definition) is 5. The number of carbonyl (C=O) groups is 2. The predicted molar refractivity (Wildman–Crippen MR) is 301 cm³/mol. The summed E-state index contributed by atoms with van der Waals surface area (Å²) in [5.74, 6) is -0.0698. The summed E-state index contributed by atoms with van der Waals surface area (Å²) in [6.07, 6.45) is 71.8. The average Bonchev–Trinajstić information content (AvgIpc) is 3.35. The van der Waals surface area contributed by atoms with Crippen molar-refractivity contribution in [2.45, 2.75) is 353 Å². The fourth-order valence-corrected chi connectivity index (χ4v) is 9.73. The summed E-state index contributed by atoms with van der Waals surface area (Å²) in [7, 11) is 0. The van der Waals surface area contributed by atoms with Crippen molar-refractivity contribution in [3.63, 3.8) is 0 Å². The Hall–Kier alpha value is -1.66. The van der Waals surface area contributed by atoms with Crippen LogP contribution in [0.15, 0.2) is 24.3 Å². The zero-order valence-corrected chi connectivity index (χ0v) is 46.6. The van der Waals surface area contributed by atoms with Gasteiger partial charge in [0.2, 0.25) is 5.91 Å². The molecule has 0 radical (unpaired) electrons. The van der Waals surface area contributed by atoms with Gasteiger partial charge in [-0.25, -0.2) is 0 Å². The number of hydrogen-bond donors (Lipinski definition) is 3. The second-order valence-electron chi connectivity index (χ2n) is 21.4. The van der Waals surface area contributed by atoms with Crippen molar-refractivity contribution in [2.24, 2.45) is 0 Å². The molecule has 6 heteroatoms.